The van der Waals surface area contributed by atoms with Crippen LogP contribution in [0, 0.1) is 13.8 Å². The van der Waals surface area contributed by atoms with Gasteiger partial charge in [-0.2, -0.15) is 0 Å². The lowest BCUT2D eigenvalue weighted by Gasteiger charge is -2.51. The van der Waals surface area contributed by atoms with Crippen LogP contribution in [0.2, 0.25) is 10.1 Å². The first-order valence-corrected chi connectivity index (χ1v) is 30.8. The molecule has 0 unspecified atom stereocenters. The minimum Gasteiger partial charge on any atom is -0.507 e. The summed E-state index contributed by atoms with van der Waals surface area (Å²) < 4.78 is 15.2. The summed E-state index contributed by atoms with van der Waals surface area (Å²) in [6, 6.07) is 35.2. The lowest BCUT2D eigenvalue weighted by molar-refractivity contribution is 0.314. The van der Waals surface area contributed by atoms with Crippen molar-refractivity contribution in [3.05, 3.63) is 142 Å². The van der Waals surface area contributed by atoms with Gasteiger partial charge in [0.25, 0.3) is 0 Å². The van der Waals surface area contributed by atoms with Crippen molar-refractivity contribution in [2.75, 3.05) is 12.5 Å². The second kappa shape index (κ2) is 20.8. The molecule has 0 radical (unpaired) electrons. The third-order valence-electron chi connectivity index (χ3n) is 16.5. The number of phenols is 2. The summed E-state index contributed by atoms with van der Waals surface area (Å²) in [4.78, 5) is 0. The molecule has 416 valence electrons. The van der Waals surface area contributed by atoms with Crippen LogP contribution in [0.1, 0.15) is 211 Å². The minimum atomic E-state index is -2.81. The Morgan fingerprint density at radius 1 is 0.351 bits per heavy atom. The highest BCUT2D eigenvalue weighted by Gasteiger charge is 2.55. The van der Waals surface area contributed by atoms with Crippen molar-refractivity contribution in [2.45, 2.75) is 223 Å². The maximum atomic E-state index is 12.8. The van der Waals surface area contributed by atoms with Gasteiger partial charge in [0, 0.05) is 38.9 Å². The second-order valence-electron chi connectivity index (χ2n) is 31.1. The van der Waals surface area contributed by atoms with E-state index in [9.17, 15) is 10.2 Å². The number of ether oxygens (including phenoxy) is 2. The van der Waals surface area contributed by atoms with E-state index in [2.05, 4.69) is 277 Å². The number of aryl methyl sites for hydroxylation is 2. The van der Waals surface area contributed by atoms with Crippen molar-refractivity contribution in [1.29, 1.82) is 0 Å². The van der Waals surface area contributed by atoms with Crippen molar-refractivity contribution in [3.8, 4) is 67.5 Å². The second-order valence-corrected chi connectivity index (χ2v) is 36.8. The van der Waals surface area contributed by atoms with E-state index >= 15 is 0 Å². The molecule has 6 aromatic rings. The predicted octanol–water partition coefficient (Wildman–Crippen LogP) is 20.8. The number of rotatable bonds is 10. The molecule has 0 saturated carbocycles. The van der Waals surface area contributed by atoms with E-state index in [0.717, 1.165) is 78.3 Å². The van der Waals surface area contributed by atoms with E-state index < -0.39 is 8.07 Å². The zero-order valence-electron chi connectivity index (χ0n) is 52.9. The van der Waals surface area contributed by atoms with Crippen LogP contribution in [-0.4, -0.2) is 30.7 Å². The number of hydrogen-bond donors (Lipinski definition) is 2. The Hall–Kier alpha value is -5.26. The molecular formula is C72H100O4Si. The van der Waals surface area contributed by atoms with Crippen LogP contribution in [0.15, 0.2) is 97.1 Å². The molecule has 0 spiro atoms. The van der Waals surface area contributed by atoms with Gasteiger partial charge in [-0.15, -0.1) is 0 Å². The monoisotopic (exact) mass is 1060 g/mol. The molecule has 5 heteroatoms. The van der Waals surface area contributed by atoms with Crippen LogP contribution < -0.4 is 9.47 Å². The van der Waals surface area contributed by atoms with Crippen molar-refractivity contribution in [2.24, 2.45) is 0 Å². The molecule has 0 aliphatic rings. The Labute approximate surface area is 469 Å². The smallest absolute Gasteiger partial charge is 0.152 e. The molecule has 0 amide bonds. The standard InChI is InChI=1S/C72H100O4Si/c1-45-32-54(47-28-27-29-49(36-47)65(3,4)5)62(73)58(35-45)59-41-53(69(15,16)17)42-60(70(18,19)20)64(59)76-44-77(71(21,22)23,72(24,25)26)43-75-61-31-30-50(66(6,7)8)40-56(61)57-34-46(2)33-55(63(57)74)48-37-51(67(9,10)11)39-52(38-48)68(12,13)14/h27-42,73-74H,43-44H2,1-26H3. The van der Waals surface area contributed by atoms with Gasteiger partial charge in [-0.3, -0.25) is 0 Å². The van der Waals surface area contributed by atoms with Gasteiger partial charge in [0.2, 0.25) is 0 Å². The van der Waals surface area contributed by atoms with E-state index in [1.165, 1.54) is 22.3 Å². The van der Waals surface area contributed by atoms with E-state index in [1.807, 2.05) is 0 Å². The first-order valence-electron chi connectivity index (χ1n) is 28.4. The average Bonchev–Trinajstić information content (AvgIpc) is 3.27. The van der Waals surface area contributed by atoms with Gasteiger partial charge in [0.1, 0.15) is 23.0 Å². The lowest BCUT2D eigenvalue weighted by Crippen LogP contribution is -2.61. The van der Waals surface area contributed by atoms with E-state index in [0.29, 0.717) is 12.5 Å². The van der Waals surface area contributed by atoms with Gasteiger partial charge in [0.15, 0.2) is 8.07 Å². The lowest BCUT2D eigenvalue weighted by atomic mass is 9.77. The number of hydrogen-bond acceptors (Lipinski definition) is 4. The number of phenolic OH excluding ortho intramolecular Hbond substituents is 2. The largest absolute Gasteiger partial charge is 0.507 e. The molecule has 4 nitrogen and oxygen atoms in total. The molecule has 0 aliphatic heterocycles. The summed E-state index contributed by atoms with van der Waals surface area (Å²) in [6.07, 6.45) is 0.932. The van der Waals surface area contributed by atoms with Gasteiger partial charge < -0.3 is 19.7 Å². The fourth-order valence-electron chi connectivity index (χ4n) is 10.9. The number of aromatic hydroxyl groups is 2. The van der Waals surface area contributed by atoms with Crippen molar-refractivity contribution >= 4 is 8.07 Å². The van der Waals surface area contributed by atoms with Crippen LogP contribution >= 0.6 is 0 Å². The zero-order chi connectivity index (χ0) is 58.2. The van der Waals surface area contributed by atoms with Crippen molar-refractivity contribution in [1.82, 2.24) is 0 Å². The van der Waals surface area contributed by atoms with Gasteiger partial charge in [-0.25, -0.2) is 0 Å². The van der Waals surface area contributed by atoms with Crippen LogP contribution in [0.5, 0.6) is 23.0 Å². The summed E-state index contributed by atoms with van der Waals surface area (Å²) in [5.74, 6) is 2.05. The molecule has 0 aliphatic carbocycles. The molecule has 0 atom stereocenters. The number of benzene rings is 6. The van der Waals surface area contributed by atoms with Gasteiger partial charge in [-0.05, 0) is 149 Å². The van der Waals surface area contributed by atoms with Crippen LogP contribution in [0.4, 0.5) is 0 Å². The highest BCUT2D eigenvalue weighted by atomic mass is 28.3. The predicted molar refractivity (Wildman–Crippen MR) is 336 cm³/mol. The summed E-state index contributed by atoms with van der Waals surface area (Å²) in [6.45, 7) is 59.0. The van der Waals surface area contributed by atoms with E-state index in [1.54, 1.807) is 0 Å². The van der Waals surface area contributed by atoms with Crippen LogP contribution in [0.3, 0.4) is 0 Å². The quantitative estimate of drug-likeness (QED) is 0.134. The Bertz CT molecular complexity index is 3080. The highest BCUT2D eigenvalue weighted by Crippen LogP contribution is 2.54. The summed E-state index contributed by atoms with van der Waals surface area (Å²) in [5.41, 5.74) is 15.3. The van der Waals surface area contributed by atoms with Crippen LogP contribution in [0.25, 0.3) is 44.5 Å². The van der Waals surface area contributed by atoms with Gasteiger partial charge in [-0.1, -0.05) is 221 Å². The van der Waals surface area contributed by atoms with E-state index in [4.69, 9.17) is 9.47 Å². The fraction of sp³-hybridized carbons (Fsp3) is 0.500. The Morgan fingerprint density at radius 3 is 1.19 bits per heavy atom. The Balaban J connectivity index is 1.57. The molecule has 6 rings (SSSR count). The molecule has 0 heterocycles. The van der Waals surface area contributed by atoms with Crippen molar-refractivity contribution in [3.63, 3.8) is 0 Å². The van der Waals surface area contributed by atoms with E-state index in [-0.39, 0.29) is 54.1 Å². The Morgan fingerprint density at radius 2 is 0.740 bits per heavy atom. The zero-order valence-corrected chi connectivity index (χ0v) is 53.9. The third-order valence-corrected chi connectivity index (χ3v) is 23.5. The minimum absolute atomic E-state index is 0.0542. The first-order chi connectivity index (χ1) is 34.8. The fourth-order valence-corrected chi connectivity index (χ4v) is 15.8. The SMILES string of the molecule is Cc1cc(-c2cc(C(C)(C)C)cc(C(C)(C)C)c2)c(O)c(-c2cc(C(C)(C)C)ccc2OC[Si](COc2c(-c3cc(C)cc(-c4cccc(C(C)(C)C)c4)c3O)cc(C(C)(C)C)cc2C(C)(C)C)(C(C)(C)C)C(C)(C)C)c1. The summed E-state index contributed by atoms with van der Waals surface area (Å²) in [7, 11) is -2.81. The maximum Gasteiger partial charge on any atom is 0.152 e. The molecule has 6 aromatic carbocycles. The van der Waals surface area contributed by atoms with Crippen LogP contribution in [-0.2, 0) is 32.5 Å². The van der Waals surface area contributed by atoms with Gasteiger partial charge >= 0.3 is 0 Å². The molecular weight excluding hydrogens is 957 g/mol. The Kier molecular flexibility index (Phi) is 16.4. The topological polar surface area (TPSA) is 58.9 Å². The molecule has 0 aromatic heterocycles. The highest BCUT2D eigenvalue weighted by molar-refractivity contribution is 6.85. The first kappa shape index (κ1) is 61.0. The average molecular weight is 1060 g/mol. The summed E-state index contributed by atoms with van der Waals surface area (Å²) in [5, 5.41) is 25.1. The maximum absolute atomic E-state index is 12.8. The third kappa shape index (κ3) is 13.1. The molecule has 0 saturated heterocycles. The normalized spacial score (nSPS) is 13.5. The molecule has 0 fully saturated rings. The molecule has 2 N–H and O–H groups in total. The molecule has 77 heavy (non-hydrogen) atoms. The molecule has 0 bridgehead atoms. The van der Waals surface area contributed by atoms with Crippen molar-refractivity contribution < 1.29 is 19.7 Å². The van der Waals surface area contributed by atoms with Gasteiger partial charge in [0.05, 0.1) is 12.5 Å². The summed E-state index contributed by atoms with van der Waals surface area (Å²) >= 11 is 0.